The number of amides is 1. The molecule has 0 aliphatic carbocycles. The molecule has 84 valence electrons. The van der Waals surface area contributed by atoms with Crippen LogP contribution in [0.2, 0.25) is 0 Å². The molecule has 0 saturated carbocycles. The molecule has 1 aromatic rings. The summed E-state index contributed by atoms with van der Waals surface area (Å²) in [4.78, 5) is 13.7. The molecule has 0 unspecified atom stereocenters. The summed E-state index contributed by atoms with van der Waals surface area (Å²) in [5.41, 5.74) is -0.224. The van der Waals surface area contributed by atoms with E-state index in [0.29, 0.717) is 5.76 Å². The van der Waals surface area contributed by atoms with E-state index in [2.05, 4.69) is 15.9 Å². The molecular formula is C11H16BrNO2. The Balaban J connectivity index is 2.86. The number of carbonyl (C=O) groups is 1. The summed E-state index contributed by atoms with van der Waals surface area (Å²) in [6.45, 7) is 5.82. The Bertz CT molecular complexity index is 357. The van der Waals surface area contributed by atoms with Gasteiger partial charge in [-0.2, -0.15) is 0 Å². The largest absolute Gasteiger partial charge is 0.456 e. The summed E-state index contributed by atoms with van der Waals surface area (Å²) in [6.07, 6.45) is 0. The first-order chi connectivity index (χ1) is 6.88. The Morgan fingerprint density at radius 2 is 2.13 bits per heavy atom. The van der Waals surface area contributed by atoms with Crippen LogP contribution in [-0.4, -0.2) is 28.7 Å². The third kappa shape index (κ3) is 2.62. The van der Waals surface area contributed by atoms with Gasteiger partial charge in [0.15, 0.2) is 5.76 Å². The molecule has 1 amide bonds. The van der Waals surface area contributed by atoms with Crippen LogP contribution in [0, 0.1) is 6.92 Å². The maximum atomic E-state index is 12.0. The van der Waals surface area contributed by atoms with E-state index in [9.17, 15) is 4.79 Å². The summed E-state index contributed by atoms with van der Waals surface area (Å²) < 4.78 is 5.30. The molecule has 1 aromatic heterocycles. The van der Waals surface area contributed by atoms with Crippen molar-refractivity contribution in [3.8, 4) is 0 Å². The van der Waals surface area contributed by atoms with Gasteiger partial charge in [0.05, 0.1) is 0 Å². The van der Waals surface area contributed by atoms with Gasteiger partial charge in [-0.3, -0.25) is 4.79 Å². The van der Waals surface area contributed by atoms with Gasteiger partial charge < -0.3 is 9.32 Å². The van der Waals surface area contributed by atoms with Gasteiger partial charge >= 0.3 is 0 Å². The predicted molar refractivity (Wildman–Crippen MR) is 63.4 cm³/mol. The van der Waals surface area contributed by atoms with E-state index in [1.54, 1.807) is 24.1 Å². The summed E-state index contributed by atoms with van der Waals surface area (Å²) in [7, 11) is 1.78. The standard InChI is InChI=1S/C11H16BrNO2/c1-8-5-6-9(15-8)10(14)13(4)11(2,3)7-12/h5-6H,7H2,1-4H3. The molecular weight excluding hydrogens is 258 g/mol. The molecule has 1 heterocycles. The summed E-state index contributed by atoms with van der Waals surface area (Å²) >= 11 is 3.39. The Labute approximate surface area is 98.6 Å². The molecule has 0 spiro atoms. The van der Waals surface area contributed by atoms with E-state index in [1.807, 2.05) is 20.8 Å². The van der Waals surface area contributed by atoms with Crippen LogP contribution >= 0.6 is 15.9 Å². The van der Waals surface area contributed by atoms with Crippen molar-refractivity contribution in [2.24, 2.45) is 0 Å². The third-order valence-electron chi connectivity index (χ3n) is 2.49. The number of carbonyl (C=O) groups excluding carboxylic acids is 1. The normalized spacial score (nSPS) is 11.5. The van der Waals surface area contributed by atoms with Crippen molar-refractivity contribution in [2.75, 3.05) is 12.4 Å². The van der Waals surface area contributed by atoms with Gasteiger partial charge in [0, 0.05) is 17.9 Å². The maximum absolute atomic E-state index is 12.0. The molecule has 0 radical (unpaired) electrons. The lowest BCUT2D eigenvalue weighted by molar-refractivity contribution is 0.0629. The van der Waals surface area contributed by atoms with E-state index < -0.39 is 0 Å². The molecule has 0 saturated heterocycles. The molecule has 4 heteroatoms. The van der Waals surface area contributed by atoms with Gasteiger partial charge in [0.2, 0.25) is 0 Å². The van der Waals surface area contributed by atoms with Crippen LogP contribution < -0.4 is 0 Å². The first-order valence-electron chi connectivity index (χ1n) is 4.79. The fourth-order valence-corrected chi connectivity index (χ4v) is 1.46. The van der Waals surface area contributed by atoms with Crippen LogP contribution in [0.15, 0.2) is 16.5 Å². The molecule has 0 aliphatic heterocycles. The molecule has 0 N–H and O–H groups in total. The number of nitrogens with zero attached hydrogens (tertiary/aromatic N) is 1. The van der Waals surface area contributed by atoms with Crippen LogP contribution in [0.1, 0.15) is 30.2 Å². The van der Waals surface area contributed by atoms with Crippen LogP contribution in [-0.2, 0) is 0 Å². The van der Waals surface area contributed by atoms with Crippen molar-refractivity contribution in [1.29, 1.82) is 0 Å². The van der Waals surface area contributed by atoms with Gasteiger partial charge in [0.1, 0.15) is 5.76 Å². The molecule has 0 aromatic carbocycles. The number of halogens is 1. The van der Waals surface area contributed by atoms with Crippen LogP contribution in [0.25, 0.3) is 0 Å². The van der Waals surface area contributed by atoms with E-state index in [1.165, 1.54) is 0 Å². The Hall–Kier alpha value is -0.770. The van der Waals surface area contributed by atoms with Gasteiger partial charge in [0.25, 0.3) is 5.91 Å². The second-order valence-corrected chi connectivity index (χ2v) is 4.78. The van der Waals surface area contributed by atoms with E-state index in [-0.39, 0.29) is 11.4 Å². The van der Waals surface area contributed by atoms with Crippen LogP contribution in [0.5, 0.6) is 0 Å². The fraction of sp³-hybridized carbons (Fsp3) is 0.545. The maximum Gasteiger partial charge on any atom is 0.289 e. The number of alkyl halides is 1. The fourth-order valence-electron chi connectivity index (χ4n) is 1.08. The Morgan fingerprint density at radius 3 is 2.53 bits per heavy atom. The minimum Gasteiger partial charge on any atom is -0.456 e. The van der Waals surface area contributed by atoms with E-state index >= 15 is 0 Å². The minimum atomic E-state index is -0.224. The SMILES string of the molecule is Cc1ccc(C(=O)N(C)C(C)(C)CBr)o1. The van der Waals surface area contributed by atoms with Crippen LogP contribution in [0.3, 0.4) is 0 Å². The van der Waals surface area contributed by atoms with Crippen molar-refractivity contribution in [2.45, 2.75) is 26.3 Å². The van der Waals surface area contributed by atoms with Crippen molar-refractivity contribution < 1.29 is 9.21 Å². The average Bonchev–Trinajstić information content (AvgIpc) is 2.62. The molecule has 1 rings (SSSR count). The van der Waals surface area contributed by atoms with Gasteiger partial charge in [-0.05, 0) is 32.9 Å². The zero-order valence-electron chi connectivity index (χ0n) is 9.50. The Kier molecular flexibility index (Phi) is 3.60. The highest BCUT2D eigenvalue weighted by Gasteiger charge is 2.28. The van der Waals surface area contributed by atoms with E-state index in [0.717, 1.165) is 11.1 Å². The van der Waals surface area contributed by atoms with Crippen molar-refractivity contribution in [3.63, 3.8) is 0 Å². The third-order valence-corrected chi connectivity index (χ3v) is 3.86. The van der Waals surface area contributed by atoms with Crippen molar-refractivity contribution >= 4 is 21.8 Å². The molecule has 0 aliphatic rings. The monoisotopic (exact) mass is 273 g/mol. The second kappa shape index (κ2) is 4.39. The number of rotatable bonds is 3. The molecule has 0 bridgehead atoms. The summed E-state index contributed by atoms with van der Waals surface area (Å²) in [5, 5.41) is 0.724. The highest BCUT2D eigenvalue weighted by Crippen LogP contribution is 2.19. The quantitative estimate of drug-likeness (QED) is 0.794. The first-order valence-corrected chi connectivity index (χ1v) is 5.91. The molecule has 0 atom stereocenters. The zero-order valence-corrected chi connectivity index (χ0v) is 11.1. The van der Waals surface area contributed by atoms with Gasteiger partial charge in [-0.15, -0.1) is 0 Å². The van der Waals surface area contributed by atoms with Crippen molar-refractivity contribution in [1.82, 2.24) is 4.90 Å². The summed E-state index contributed by atoms with van der Waals surface area (Å²) in [5.74, 6) is 1.06. The van der Waals surface area contributed by atoms with Crippen molar-refractivity contribution in [3.05, 3.63) is 23.7 Å². The topological polar surface area (TPSA) is 33.5 Å². The average molecular weight is 274 g/mol. The number of hydrogen-bond donors (Lipinski definition) is 0. The minimum absolute atomic E-state index is 0.0902. The lowest BCUT2D eigenvalue weighted by atomic mass is 10.1. The lowest BCUT2D eigenvalue weighted by Crippen LogP contribution is -2.46. The highest BCUT2D eigenvalue weighted by atomic mass is 79.9. The van der Waals surface area contributed by atoms with Gasteiger partial charge in [-0.1, -0.05) is 15.9 Å². The van der Waals surface area contributed by atoms with Gasteiger partial charge in [-0.25, -0.2) is 0 Å². The smallest absolute Gasteiger partial charge is 0.289 e. The second-order valence-electron chi connectivity index (χ2n) is 4.22. The highest BCUT2D eigenvalue weighted by molar-refractivity contribution is 9.09. The van der Waals surface area contributed by atoms with Crippen LogP contribution in [0.4, 0.5) is 0 Å². The molecule has 0 fully saturated rings. The number of furan rings is 1. The zero-order chi connectivity index (χ0) is 11.6. The molecule has 15 heavy (non-hydrogen) atoms. The Morgan fingerprint density at radius 1 is 1.53 bits per heavy atom. The first kappa shape index (κ1) is 12.3. The number of aryl methyl sites for hydroxylation is 1. The predicted octanol–water partition coefficient (Wildman–Crippen LogP) is 2.83. The molecule has 3 nitrogen and oxygen atoms in total. The lowest BCUT2D eigenvalue weighted by Gasteiger charge is -2.33. The number of hydrogen-bond acceptors (Lipinski definition) is 2. The van der Waals surface area contributed by atoms with E-state index in [4.69, 9.17) is 4.42 Å². The summed E-state index contributed by atoms with van der Waals surface area (Å²) in [6, 6.07) is 3.50.